The van der Waals surface area contributed by atoms with E-state index in [0.717, 1.165) is 49.9 Å². The Bertz CT molecular complexity index is 985. The van der Waals surface area contributed by atoms with Crippen LogP contribution in [0.5, 0.6) is 0 Å². The molecule has 1 atom stereocenters. The first kappa shape index (κ1) is 21.2. The minimum Gasteiger partial charge on any atom is -0.299 e. The minimum absolute atomic E-state index is 0.0560. The maximum absolute atomic E-state index is 13.5. The Balaban J connectivity index is 1.40. The van der Waals surface area contributed by atoms with Crippen molar-refractivity contribution in [2.45, 2.75) is 50.7 Å². The lowest BCUT2D eigenvalue weighted by atomic mass is 9.91. The number of hydrogen-bond acceptors (Lipinski definition) is 5. The molecule has 2 fully saturated rings. The van der Waals surface area contributed by atoms with Gasteiger partial charge in [-0.25, -0.2) is 9.07 Å². The van der Waals surface area contributed by atoms with Crippen LogP contribution in [0.4, 0.5) is 4.39 Å². The number of nitrogens with zero attached hydrogens (tertiary/aromatic N) is 6. The van der Waals surface area contributed by atoms with Gasteiger partial charge in [0.2, 0.25) is 0 Å². The van der Waals surface area contributed by atoms with Gasteiger partial charge < -0.3 is 0 Å². The SMILES string of the molecule is Fc1ccc(CC(c2nnnn2Cc2ccccc2)N2CCCN(C3CCC3)CC2)cc1. The number of benzene rings is 2. The quantitative estimate of drug-likeness (QED) is 0.568. The molecule has 168 valence electrons. The molecule has 1 aromatic heterocycles. The van der Waals surface area contributed by atoms with Gasteiger partial charge in [0.15, 0.2) is 5.82 Å². The van der Waals surface area contributed by atoms with Crippen molar-refractivity contribution in [3.05, 3.63) is 77.4 Å². The molecule has 0 spiro atoms. The predicted octanol–water partition coefficient (Wildman–Crippen LogP) is 3.70. The summed E-state index contributed by atoms with van der Waals surface area (Å²) in [4.78, 5) is 5.21. The van der Waals surface area contributed by atoms with Crippen molar-refractivity contribution in [3.63, 3.8) is 0 Å². The van der Waals surface area contributed by atoms with Crippen LogP contribution in [-0.2, 0) is 13.0 Å². The first-order chi connectivity index (χ1) is 15.8. The van der Waals surface area contributed by atoms with E-state index in [1.807, 2.05) is 35.0 Å². The smallest absolute Gasteiger partial charge is 0.169 e. The molecular formula is C25H31FN6. The lowest BCUT2D eigenvalue weighted by molar-refractivity contribution is 0.124. The van der Waals surface area contributed by atoms with E-state index in [-0.39, 0.29) is 11.9 Å². The van der Waals surface area contributed by atoms with Crippen LogP contribution >= 0.6 is 0 Å². The summed E-state index contributed by atoms with van der Waals surface area (Å²) in [5.74, 6) is 0.681. The van der Waals surface area contributed by atoms with Gasteiger partial charge in [-0.3, -0.25) is 9.80 Å². The van der Waals surface area contributed by atoms with E-state index in [1.165, 1.54) is 31.4 Å². The number of halogens is 1. The number of aromatic nitrogens is 4. The van der Waals surface area contributed by atoms with Crippen molar-refractivity contribution in [1.82, 2.24) is 30.0 Å². The monoisotopic (exact) mass is 434 g/mol. The van der Waals surface area contributed by atoms with Gasteiger partial charge in [0.05, 0.1) is 12.6 Å². The molecule has 6 nitrogen and oxygen atoms in total. The van der Waals surface area contributed by atoms with Gasteiger partial charge in [-0.15, -0.1) is 5.10 Å². The van der Waals surface area contributed by atoms with Crippen LogP contribution in [0.15, 0.2) is 54.6 Å². The maximum atomic E-state index is 13.5. The molecule has 0 bridgehead atoms. The lowest BCUT2D eigenvalue weighted by Crippen LogP contribution is -2.42. The molecule has 1 aliphatic heterocycles. The Hall–Kier alpha value is -2.64. The summed E-state index contributed by atoms with van der Waals surface area (Å²) in [7, 11) is 0. The number of tetrazole rings is 1. The molecule has 7 heteroatoms. The summed E-state index contributed by atoms with van der Waals surface area (Å²) >= 11 is 0. The molecule has 2 heterocycles. The molecule has 1 saturated heterocycles. The van der Waals surface area contributed by atoms with Crippen LogP contribution in [0.25, 0.3) is 0 Å². The zero-order valence-electron chi connectivity index (χ0n) is 18.5. The average Bonchev–Trinajstić information content (AvgIpc) is 3.09. The fraction of sp³-hybridized carbons (Fsp3) is 0.480. The van der Waals surface area contributed by atoms with Gasteiger partial charge >= 0.3 is 0 Å². The third-order valence-corrected chi connectivity index (χ3v) is 6.97. The molecule has 1 aliphatic carbocycles. The normalized spacial score (nSPS) is 19.4. The van der Waals surface area contributed by atoms with Gasteiger partial charge in [-0.05, 0) is 65.9 Å². The van der Waals surface area contributed by atoms with Crippen LogP contribution in [0, 0.1) is 5.82 Å². The third kappa shape index (κ3) is 4.89. The van der Waals surface area contributed by atoms with E-state index in [2.05, 4.69) is 37.5 Å². The predicted molar refractivity (Wildman–Crippen MR) is 122 cm³/mol. The van der Waals surface area contributed by atoms with Crippen LogP contribution in [0.1, 0.15) is 48.7 Å². The molecular weight excluding hydrogens is 403 g/mol. The molecule has 1 saturated carbocycles. The molecule has 32 heavy (non-hydrogen) atoms. The van der Waals surface area contributed by atoms with Crippen molar-refractivity contribution in [1.29, 1.82) is 0 Å². The maximum Gasteiger partial charge on any atom is 0.169 e. The highest BCUT2D eigenvalue weighted by molar-refractivity contribution is 5.19. The zero-order valence-corrected chi connectivity index (χ0v) is 18.5. The minimum atomic E-state index is -0.204. The van der Waals surface area contributed by atoms with E-state index in [1.54, 1.807) is 12.1 Å². The summed E-state index contributed by atoms with van der Waals surface area (Å²) in [6.45, 7) is 4.92. The summed E-state index contributed by atoms with van der Waals surface area (Å²) in [6, 6.07) is 18.0. The van der Waals surface area contributed by atoms with Gasteiger partial charge in [-0.2, -0.15) is 0 Å². The molecule has 2 aromatic carbocycles. The fourth-order valence-corrected chi connectivity index (χ4v) is 4.93. The van der Waals surface area contributed by atoms with E-state index in [0.29, 0.717) is 6.54 Å². The van der Waals surface area contributed by atoms with E-state index in [9.17, 15) is 4.39 Å². The van der Waals surface area contributed by atoms with E-state index in [4.69, 9.17) is 0 Å². The number of rotatable bonds is 7. The molecule has 0 amide bonds. The van der Waals surface area contributed by atoms with E-state index >= 15 is 0 Å². The molecule has 3 aromatic rings. The first-order valence-corrected chi connectivity index (χ1v) is 11.8. The van der Waals surface area contributed by atoms with Gasteiger partial charge in [-0.1, -0.05) is 48.9 Å². The van der Waals surface area contributed by atoms with Crippen molar-refractivity contribution in [3.8, 4) is 0 Å². The highest BCUT2D eigenvalue weighted by atomic mass is 19.1. The zero-order chi connectivity index (χ0) is 21.8. The van der Waals surface area contributed by atoms with Crippen LogP contribution in [0.2, 0.25) is 0 Å². The summed E-state index contributed by atoms with van der Waals surface area (Å²) < 4.78 is 15.4. The third-order valence-electron chi connectivity index (χ3n) is 6.97. The summed E-state index contributed by atoms with van der Waals surface area (Å²) in [6.07, 6.45) is 5.96. The average molecular weight is 435 g/mol. The van der Waals surface area contributed by atoms with Crippen molar-refractivity contribution in [2.75, 3.05) is 26.2 Å². The Kier molecular flexibility index (Phi) is 6.55. The molecule has 0 radical (unpaired) electrons. The highest BCUT2D eigenvalue weighted by Crippen LogP contribution is 2.29. The standard InChI is InChI=1S/C25H31FN6/c26-22-12-10-20(11-13-22)18-24(31-15-5-14-30(16-17-31)23-8-4-9-23)25-27-28-29-32(25)19-21-6-2-1-3-7-21/h1-3,6-7,10-13,23-24H,4-5,8-9,14-19H2. The molecule has 1 unspecified atom stereocenters. The molecule has 2 aliphatic rings. The van der Waals surface area contributed by atoms with Gasteiger partial charge in [0.25, 0.3) is 0 Å². The summed E-state index contributed by atoms with van der Waals surface area (Å²) in [5, 5.41) is 12.9. The summed E-state index contributed by atoms with van der Waals surface area (Å²) in [5.41, 5.74) is 2.28. The first-order valence-electron chi connectivity index (χ1n) is 11.8. The van der Waals surface area contributed by atoms with Crippen LogP contribution < -0.4 is 0 Å². The van der Waals surface area contributed by atoms with Crippen molar-refractivity contribution >= 4 is 0 Å². The van der Waals surface area contributed by atoms with Crippen LogP contribution in [-0.4, -0.2) is 62.2 Å². The molecule has 5 rings (SSSR count). The second-order valence-corrected chi connectivity index (χ2v) is 9.04. The Morgan fingerprint density at radius 2 is 1.69 bits per heavy atom. The Morgan fingerprint density at radius 3 is 2.44 bits per heavy atom. The topological polar surface area (TPSA) is 50.1 Å². The number of hydrogen-bond donors (Lipinski definition) is 0. The Morgan fingerprint density at radius 1 is 0.875 bits per heavy atom. The van der Waals surface area contributed by atoms with Gasteiger partial charge in [0, 0.05) is 25.7 Å². The fourth-order valence-electron chi connectivity index (χ4n) is 4.93. The molecule has 0 N–H and O–H groups in total. The largest absolute Gasteiger partial charge is 0.299 e. The van der Waals surface area contributed by atoms with E-state index < -0.39 is 0 Å². The second kappa shape index (κ2) is 9.88. The Labute approximate surface area is 189 Å². The van der Waals surface area contributed by atoms with Crippen LogP contribution in [0.3, 0.4) is 0 Å². The van der Waals surface area contributed by atoms with Crippen molar-refractivity contribution in [2.24, 2.45) is 0 Å². The lowest BCUT2D eigenvalue weighted by Gasteiger charge is -2.37. The second-order valence-electron chi connectivity index (χ2n) is 9.04. The van der Waals surface area contributed by atoms with Crippen molar-refractivity contribution < 1.29 is 4.39 Å². The van der Waals surface area contributed by atoms with Gasteiger partial charge in [0.1, 0.15) is 5.82 Å². The highest BCUT2D eigenvalue weighted by Gasteiger charge is 2.31.